The van der Waals surface area contributed by atoms with Gasteiger partial charge >= 0.3 is 0 Å². The lowest BCUT2D eigenvalue weighted by Crippen LogP contribution is -2.48. The highest BCUT2D eigenvalue weighted by Gasteiger charge is 2.40. The number of carbonyl (C=O) groups excluding carboxylic acids is 2. The number of hydrogen-bond donors (Lipinski definition) is 0. The van der Waals surface area contributed by atoms with E-state index in [1.807, 2.05) is 6.92 Å². The molecule has 0 radical (unpaired) electrons. The first kappa shape index (κ1) is 19.3. The van der Waals surface area contributed by atoms with Crippen molar-refractivity contribution in [3.05, 3.63) is 35.4 Å². The molecule has 0 N–H and O–H groups in total. The van der Waals surface area contributed by atoms with Crippen LogP contribution in [0.15, 0.2) is 34.3 Å². The molecule has 0 aromatic heterocycles. The fourth-order valence-electron chi connectivity index (χ4n) is 3.46. The topological polar surface area (TPSA) is 80.6 Å². The summed E-state index contributed by atoms with van der Waals surface area (Å²) in [4.78, 5) is 35.8. The van der Waals surface area contributed by atoms with Gasteiger partial charge in [0.25, 0.3) is 11.8 Å². The highest BCUT2D eigenvalue weighted by molar-refractivity contribution is 6.78. The van der Waals surface area contributed by atoms with Crippen molar-refractivity contribution >= 4 is 31.7 Å². The predicted octanol–water partition coefficient (Wildman–Crippen LogP) is 2.39. The molecule has 0 saturated carbocycles. The molecule has 1 unspecified atom stereocenters. The highest BCUT2D eigenvalue weighted by Crippen LogP contribution is 2.26. The zero-order valence-corrected chi connectivity index (χ0v) is 17.2. The summed E-state index contributed by atoms with van der Waals surface area (Å²) in [6, 6.07) is 7.46. The van der Waals surface area contributed by atoms with Gasteiger partial charge in [0, 0.05) is 6.17 Å². The highest BCUT2D eigenvalue weighted by atomic mass is 28.3. The van der Waals surface area contributed by atoms with Crippen LogP contribution in [0.1, 0.15) is 27.6 Å². The summed E-state index contributed by atoms with van der Waals surface area (Å²) in [6.07, 6.45) is 0.438. The lowest BCUT2D eigenvalue weighted by molar-refractivity contribution is 0.0677. The number of imide groups is 1. The molecule has 27 heavy (non-hydrogen) atoms. The zero-order chi connectivity index (χ0) is 19.6. The van der Waals surface area contributed by atoms with Crippen molar-refractivity contribution in [1.29, 1.82) is 0 Å². The first-order valence-electron chi connectivity index (χ1n) is 9.09. The molecule has 0 bridgehead atoms. The SMILES string of the molecule is CCOC1=NCC(OC)=NC1C[Si](C)(C)CN1C(=O)c2ccccc2C1=O. The van der Waals surface area contributed by atoms with Gasteiger partial charge in [0.05, 0.1) is 32.9 Å². The van der Waals surface area contributed by atoms with Gasteiger partial charge in [-0.1, -0.05) is 25.2 Å². The standard InChI is InChI=1S/C19H25N3O4Si/c1-5-26-17-15(21-16(25-2)10-20-17)11-27(3,4)12-22-18(23)13-8-6-7-9-14(13)19(22)24/h6-9,15H,5,10-12H2,1-4H3. The second-order valence-corrected chi connectivity index (χ2v) is 12.5. The van der Waals surface area contributed by atoms with Gasteiger partial charge in [-0.15, -0.1) is 0 Å². The number of carbonyl (C=O) groups is 2. The van der Waals surface area contributed by atoms with Crippen LogP contribution in [0, 0.1) is 0 Å². The van der Waals surface area contributed by atoms with Crippen LogP contribution in [0.25, 0.3) is 0 Å². The first-order valence-corrected chi connectivity index (χ1v) is 12.5. The Hall–Kier alpha value is -2.48. The lowest BCUT2D eigenvalue weighted by Gasteiger charge is -2.31. The zero-order valence-electron chi connectivity index (χ0n) is 16.2. The van der Waals surface area contributed by atoms with Crippen molar-refractivity contribution in [2.45, 2.75) is 32.1 Å². The van der Waals surface area contributed by atoms with E-state index in [1.165, 1.54) is 4.90 Å². The Labute approximate surface area is 160 Å². The van der Waals surface area contributed by atoms with E-state index in [4.69, 9.17) is 9.47 Å². The van der Waals surface area contributed by atoms with E-state index in [0.29, 0.717) is 48.3 Å². The number of nitrogens with zero attached hydrogens (tertiary/aromatic N) is 3. The van der Waals surface area contributed by atoms with Gasteiger partial charge in [0.15, 0.2) is 0 Å². The van der Waals surface area contributed by atoms with Crippen molar-refractivity contribution in [1.82, 2.24) is 4.90 Å². The predicted molar refractivity (Wildman–Crippen MR) is 106 cm³/mol. The largest absolute Gasteiger partial charge is 0.483 e. The average molecular weight is 388 g/mol. The molecule has 2 heterocycles. The summed E-state index contributed by atoms with van der Waals surface area (Å²) < 4.78 is 10.9. The molecule has 1 atom stereocenters. The van der Waals surface area contributed by atoms with E-state index in [1.54, 1.807) is 31.4 Å². The molecule has 2 amide bonds. The normalized spacial score (nSPS) is 19.6. The number of ether oxygens (including phenoxy) is 2. The average Bonchev–Trinajstić information content (AvgIpc) is 2.88. The van der Waals surface area contributed by atoms with Crippen LogP contribution in [-0.4, -0.2) is 69.1 Å². The van der Waals surface area contributed by atoms with Gasteiger partial charge in [-0.3, -0.25) is 14.5 Å². The molecule has 3 rings (SSSR count). The molecule has 1 aromatic carbocycles. The molecule has 2 aliphatic heterocycles. The van der Waals surface area contributed by atoms with Gasteiger partial charge in [-0.05, 0) is 25.1 Å². The van der Waals surface area contributed by atoms with Crippen LogP contribution >= 0.6 is 0 Å². The van der Waals surface area contributed by atoms with Gasteiger partial charge < -0.3 is 9.47 Å². The number of hydrogen-bond acceptors (Lipinski definition) is 6. The van der Waals surface area contributed by atoms with Crippen molar-refractivity contribution in [3.8, 4) is 0 Å². The summed E-state index contributed by atoms with van der Waals surface area (Å²) in [6.45, 7) is 7.11. The molecule has 0 saturated heterocycles. The molecule has 0 spiro atoms. The van der Waals surface area contributed by atoms with Crippen molar-refractivity contribution in [3.63, 3.8) is 0 Å². The molecular formula is C19H25N3O4Si. The minimum absolute atomic E-state index is 0.209. The molecule has 1 aromatic rings. The van der Waals surface area contributed by atoms with Crippen LogP contribution in [0.3, 0.4) is 0 Å². The smallest absolute Gasteiger partial charge is 0.261 e. The minimum Gasteiger partial charge on any atom is -0.483 e. The van der Waals surface area contributed by atoms with Gasteiger partial charge in [-0.2, -0.15) is 0 Å². The van der Waals surface area contributed by atoms with E-state index in [-0.39, 0.29) is 17.9 Å². The number of methoxy groups -OCH3 is 1. The fourth-order valence-corrected chi connectivity index (χ4v) is 6.04. The van der Waals surface area contributed by atoms with Crippen LogP contribution in [0.2, 0.25) is 19.1 Å². The van der Waals surface area contributed by atoms with Crippen LogP contribution in [-0.2, 0) is 9.47 Å². The molecule has 8 heteroatoms. The third-order valence-corrected chi connectivity index (χ3v) is 7.36. The molecule has 0 aliphatic carbocycles. The second-order valence-electron chi connectivity index (χ2n) is 7.44. The summed E-state index contributed by atoms with van der Waals surface area (Å²) >= 11 is 0. The van der Waals surface area contributed by atoms with Crippen LogP contribution in [0.4, 0.5) is 0 Å². The second kappa shape index (κ2) is 7.64. The minimum atomic E-state index is -2.03. The maximum Gasteiger partial charge on any atom is 0.261 e. The first-order chi connectivity index (χ1) is 12.9. The Bertz CT molecular complexity index is 784. The van der Waals surface area contributed by atoms with Crippen LogP contribution in [0.5, 0.6) is 0 Å². The molecule has 2 aliphatic rings. The Morgan fingerprint density at radius 1 is 1.19 bits per heavy atom. The number of rotatable bonds is 5. The van der Waals surface area contributed by atoms with Gasteiger partial charge in [-0.25, -0.2) is 9.98 Å². The third kappa shape index (κ3) is 3.95. The number of fused-ring (bicyclic) bond motifs is 1. The fraction of sp³-hybridized carbons (Fsp3) is 0.474. The van der Waals surface area contributed by atoms with E-state index >= 15 is 0 Å². The molecule has 0 fully saturated rings. The Morgan fingerprint density at radius 3 is 2.37 bits per heavy atom. The summed E-state index contributed by atoms with van der Waals surface area (Å²) in [5, 5.41) is 0. The summed E-state index contributed by atoms with van der Waals surface area (Å²) in [5.74, 6) is 0.773. The van der Waals surface area contributed by atoms with E-state index in [2.05, 4.69) is 23.1 Å². The van der Waals surface area contributed by atoms with E-state index in [0.717, 1.165) is 0 Å². The quantitative estimate of drug-likeness (QED) is 0.574. The summed E-state index contributed by atoms with van der Waals surface area (Å²) in [5.41, 5.74) is 0.974. The van der Waals surface area contributed by atoms with Crippen LogP contribution < -0.4 is 0 Å². The Kier molecular flexibility index (Phi) is 5.45. The maximum absolute atomic E-state index is 12.7. The Balaban J connectivity index is 1.76. The lowest BCUT2D eigenvalue weighted by atomic mass is 10.1. The maximum atomic E-state index is 12.7. The molecule has 144 valence electrons. The molecule has 7 nitrogen and oxygen atoms in total. The number of benzene rings is 1. The van der Waals surface area contributed by atoms with Crippen molar-refractivity contribution < 1.29 is 19.1 Å². The number of amides is 2. The summed E-state index contributed by atoms with van der Waals surface area (Å²) in [7, 11) is -0.449. The van der Waals surface area contributed by atoms with E-state index in [9.17, 15) is 9.59 Å². The molecular weight excluding hydrogens is 362 g/mol. The third-order valence-electron chi connectivity index (χ3n) is 4.69. The van der Waals surface area contributed by atoms with Gasteiger partial charge in [0.1, 0.15) is 12.6 Å². The van der Waals surface area contributed by atoms with E-state index < -0.39 is 8.07 Å². The van der Waals surface area contributed by atoms with Gasteiger partial charge in [0.2, 0.25) is 11.8 Å². The van der Waals surface area contributed by atoms with Crippen molar-refractivity contribution in [2.24, 2.45) is 9.98 Å². The number of aliphatic imine (C=N–C) groups is 2. The monoisotopic (exact) mass is 387 g/mol. The van der Waals surface area contributed by atoms with Crippen molar-refractivity contribution in [2.75, 3.05) is 26.4 Å². The Morgan fingerprint density at radius 2 is 1.81 bits per heavy atom.